The van der Waals surface area contributed by atoms with Crippen LogP contribution >= 0.6 is 11.3 Å². The van der Waals surface area contributed by atoms with E-state index in [1.807, 2.05) is 56.3 Å². The molecule has 1 aromatic heterocycles. The van der Waals surface area contributed by atoms with E-state index in [-0.39, 0.29) is 23.8 Å². The first-order valence-electron chi connectivity index (χ1n) is 10.2. The lowest BCUT2D eigenvalue weighted by Gasteiger charge is -2.20. The topological polar surface area (TPSA) is 62.3 Å². The Kier molecular flexibility index (Phi) is 5.95. The van der Waals surface area contributed by atoms with Crippen molar-refractivity contribution in [1.82, 2.24) is 15.2 Å². The normalized spacial score (nSPS) is 16.3. The summed E-state index contributed by atoms with van der Waals surface area (Å²) in [4.78, 5) is 31.0. The molecule has 0 spiro atoms. The molecule has 0 radical (unpaired) electrons. The number of aromatic nitrogens is 1. The Balaban J connectivity index is 1.35. The molecule has 6 heteroatoms. The molecule has 30 heavy (non-hydrogen) atoms. The zero-order valence-electron chi connectivity index (χ0n) is 17.2. The second-order valence-electron chi connectivity index (χ2n) is 7.86. The van der Waals surface area contributed by atoms with Gasteiger partial charge in [-0.1, -0.05) is 54.6 Å². The van der Waals surface area contributed by atoms with Crippen molar-refractivity contribution >= 4 is 23.2 Å². The summed E-state index contributed by atoms with van der Waals surface area (Å²) in [6.45, 7) is 4.92. The molecule has 2 heterocycles. The van der Waals surface area contributed by atoms with E-state index >= 15 is 0 Å². The summed E-state index contributed by atoms with van der Waals surface area (Å²) in [5, 5.41) is 6.02. The Morgan fingerprint density at radius 3 is 2.53 bits per heavy atom. The van der Waals surface area contributed by atoms with Crippen LogP contribution in [-0.2, 0) is 16.1 Å². The lowest BCUT2D eigenvalue weighted by atomic mass is 10.1. The van der Waals surface area contributed by atoms with Crippen molar-refractivity contribution in [1.29, 1.82) is 0 Å². The van der Waals surface area contributed by atoms with Crippen molar-refractivity contribution in [3.8, 4) is 21.8 Å². The van der Waals surface area contributed by atoms with E-state index in [2.05, 4.69) is 22.8 Å². The average molecular weight is 420 g/mol. The molecular weight excluding hydrogens is 394 g/mol. The van der Waals surface area contributed by atoms with E-state index in [1.54, 1.807) is 16.2 Å². The van der Waals surface area contributed by atoms with Crippen LogP contribution in [0.4, 0.5) is 0 Å². The van der Waals surface area contributed by atoms with Crippen LogP contribution in [0.2, 0.25) is 0 Å². The van der Waals surface area contributed by atoms with Gasteiger partial charge in [-0.2, -0.15) is 0 Å². The van der Waals surface area contributed by atoms with Crippen molar-refractivity contribution in [3.05, 3.63) is 65.5 Å². The summed E-state index contributed by atoms with van der Waals surface area (Å²) in [5.74, 6) is -0.248. The third kappa shape index (κ3) is 4.44. The number of likely N-dealkylation sites (tertiary alicyclic amines) is 1. The number of nitrogens with zero attached hydrogens (tertiary/aromatic N) is 2. The van der Waals surface area contributed by atoms with Gasteiger partial charge in [-0.25, -0.2) is 4.98 Å². The van der Waals surface area contributed by atoms with Crippen LogP contribution in [0.3, 0.4) is 0 Å². The molecule has 154 valence electrons. The predicted molar refractivity (Wildman–Crippen MR) is 120 cm³/mol. The number of rotatable bonds is 6. The lowest BCUT2D eigenvalue weighted by molar-refractivity contribution is -0.129. The van der Waals surface area contributed by atoms with Crippen LogP contribution in [0, 0.1) is 5.92 Å². The van der Waals surface area contributed by atoms with E-state index in [4.69, 9.17) is 4.98 Å². The highest BCUT2D eigenvalue weighted by atomic mass is 32.1. The molecule has 1 N–H and O–H groups in total. The third-order valence-corrected chi connectivity index (χ3v) is 6.29. The fourth-order valence-corrected chi connectivity index (χ4v) is 4.49. The first-order valence-corrected chi connectivity index (χ1v) is 11.1. The van der Waals surface area contributed by atoms with Crippen molar-refractivity contribution in [2.24, 2.45) is 5.92 Å². The number of amides is 2. The monoisotopic (exact) mass is 419 g/mol. The van der Waals surface area contributed by atoms with Crippen LogP contribution in [0.15, 0.2) is 60.0 Å². The van der Waals surface area contributed by atoms with Crippen molar-refractivity contribution < 1.29 is 9.59 Å². The van der Waals surface area contributed by atoms with E-state index in [1.165, 1.54) is 0 Å². The number of carbonyl (C=O) groups is 2. The van der Waals surface area contributed by atoms with Gasteiger partial charge >= 0.3 is 0 Å². The molecule has 5 nitrogen and oxygen atoms in total. The van der Waals surface area contributed by atoms with Crippen LogP contribution in [0.25, 0.3) is 21.8 Å². The van der Waals surface area contributed by atoms with E-state index in [0.29, 0.717) is 19.5 Å². The number of nitrogens with one attached hydrogen (secondary N) is 1. The lowest BCUT2D eigenvalue weighted by Crippen LogP contribution is -2.35. The molecule has 3 aromatic rings. The van der Waals surface area contributed by atoms with E-state index < -0.39 is 0 Å². The van der Waals surface area contributed by atoms with E-state index in [0.717, 1.165) is 27.4 Å². The minimum absolute atomic E-state index is 0.0528. The van der Waals surface area contributed by atoms with Gasteiger partial charge in [0.15, 0.2) is 0 Å². The molecule has 1 unspecified atom stereocenters. The number of carbonyl (C=O) groups excluding carboxylic acids is 2. The van der Waals surface area contributed by atoms with Gasteiger partial charge in [-0.15, -0.1) is 11.3 Å². The summed E-state index contributed by atoms with van der Waals surface area (Å²) in [5.41, 5.74) is 4.18. The Hall–Kier alpha value is -2.99. The number of benzene rings is 2. The Morgan fingerprint density at radius 2 is 1.87 bits per heavy atom. The smallest absolute Gasteiger partial charge is 0.225 e. The standard InChI is InChI=1S/C24H25N3O2S/c1-16(2)27-14-20(12-22(27)28)23(29)25-13-17-8-10-19(11-9-17)24-26-21(15-30-24)18-6-4-3-5-7-18/h3-11,15-16,20H,12-14H2,1-2H3,(H,25,29). The maximum Gasteiger partial charge on any atom is 0.225 e. The Bertz CT molecular complexity index is 1030. The van der Waals surface area contributed by atoms with Gasteiger partial charge in [0.1, 0.15) is 5.01 Å². The quantitative estimate of drug-likeness (QED) is 0.646. The molecule has 0 bridgehead atoms. The molecular formula is C24H25N3O2S. The van der Waals surface area contributed by atoms with E-state index in [9.17, 15) is 9.59 Å². The molecule has 1 fully saturated rings. The first-order chi connectivity index (χ1) is 14.5. The zero-order valence-corrected chi connectivity index (χ0v) is 18.0. The van der Waals surface area contributed by atoms with Crippen LogP contribution in [0.1, 0.15) is 25.8 Å². The minimum Gasteiger partial charge on any atom is -0.352 e. The fraction of sp³-hybridized carbons (Fsp3) is 0.292. The van der Waals surface area contributed by atoms with Gasteiger partial charge in [0, 0.05) is 42.1 Å². The Morgan fingerprint density at radius 1 is 1.13 bits per heavy atom. The molecule has 1 atom stereocenters. The zero-order chi connectivity index (χ0) is 21.1. The van der Waals surface area contributed by atoms with Gasteiger partial charge in [0.25, 0.3) is 0 Å². The molecule has 0 saturated carbocycles. The van der Waals surface area contributed by atoms with Gasteiger partial charge in [-0.3, -0.25) is 9.59 Å². The summed E-state index contributed by atoms with van der Waals surface area (Å²) < 4.78 is 0. The third-order valence-electron chi connectivity index (χ3n) is 5.39. The van der Waals surface area contributed by atoms with Crippen LogP contribution in [0.5, 0.6) is 0 Å². The van der Waals surface area contributed by atoms with Crippen molar-refractivity contribution in [2.75, 3.05) is 6.54 Å². The molecule has 1 aliphatic heterocycles. The highest BCUT2D eigenvalue weighted by molar-refractivity contribution is 7.13. The van der Waals surface area contributed by atoms with Crippen LogP contribution in [-0.4, -0.2) is 34.3 Å². The highest BCUT2D eigenvalue weighted by Crippen LogP contribution is 2.29. The fourth-order valence-electron chi connectivity index (χ4n) is 3.65. The van der Waals surface area contributed by atoms with Gasteiger partial charge in [0.05, 0.1) is 11.6 Å². The molecule has 0 aliphatic carbocycles. The molecule has 4 rings (SSSR count). The molecule has 2 aromatic carbocycles. The summed E-state index contributed by atoms with van der Waals surface area (Å²) in [6, 6.07) is 18.4. The maximum absolute atomic E-state index is 12.5. The number of thiazole rings is 1. The predicted octanol–water partition coefficient (Wildman–Crippen LogP) is 4.35. The van der Waals surface area contributed by atoms with Crippen LogP contribution < -0.4 is 5.32 Å². The molecule has 1 saturated heterocycles. The summed E-state index contributed by atoms with van der Waals surface area (Å²) in [6.07, 6.45) is 0.302. The highest BCUT2D eigenvalue weighted by Gasteiger charge is 2.35. The second-order valence-corrected chi connectivity index (χ2v) is 8.72. The number of hydrogen-bond donors (Lipinski definition) is 1. The Labute approximate surface area is 180 Å². The molecule has 1 aliphatic rings. The summed E-state index contributed by atoms with van der Waals surface area (Å²) in [7, 11) is 0. The van der Waals surface area contributed by atoms with Gasteiger partial charge in [-0.05, 0) is 19.4 Å². The molecule has 2 amide bonds. The maximum atomic E-state index is 12.5. The van der Waals surface area contributed by atoms with Gasteiger partial charge < -0.3 is 10.2 Å². The van der Waals surface area contributed by atoms with Crippen molar-refractivity contribution in [2.45, 2.75) is 32.9 Å². The largest absolute Gasteiger partial charge is 0.352 e. The first kappa shape index (κ1) is 20.3. The van der Waals surface area contributed by atoms with Crippen molar-refractivity contribution in [3.63, 3.8) is 0 Å². The number of hydrogen-bond acceptors (Lipinski definition) is 4. The minimum atomic E-state index is -0.258. The average Bonchev–Trinajstić information content (AvgIpc) is 3.40. The summed E-state index contributed by atoms with van der Waals surface area (Å²) >= 11 is 1.62. The second kappa shape index (κ2) is 8.79. The SMILES string of the molecule is CC(C)N1CC(C(=O)NCc2ccc(-c3nc(-c4ccccc4)cs3)cc2)CC1=O. The van der Waals surface area contributed by atoms with Gasteiger partial charge in [0.2, 0.25) is 11.8 Å².